The number of nitrogens with one attached hydrogen (secondary N) is 2. The van der Waals surface area contributed by atoms with Gasteiger partial charge >= 0.3 is 0 Å². The molecule has 0 spiro atoms. The zero-order chi connectivity index (χ0) is 19.3. The molecule has 0 radical (unpaired) electrons. The molecular formula is C22H26N2O3. The molecule has 2 aromatic rings. The number of hydrogen-bond donors (Lipinski definition) is 2. The van der Waals surface area contributed by atoms with Gasteiger partial charge in [0.25, 0.3) is 0 Å². The molecule has 1 aliphatic rings. The predicted octanol–water partition coefficient (Wildman–Crippen LogP) is 3.90. The Balaban J connectivity index is 1.55. The van der Waals surface area contributed by atoms with Crippen LogP contribution in [0.25, 0.3) is 0 Å². The lowest BCUT2D eigenvalue weighted by molar-refractivity contribution is -0.134. The van der Waals surface area contributed by atoms with Gasteiger partial charge in [0.1, 0.15) is 17.8 Å². The Hall–Kier alpha value is -2.82. The average molecular weight is 366 g/mol. The van der Waals surface area contributed by atoms with Crippen LogP contribution in [0.4, 0.5) is 5.69 Å². The van der Waals surface area contributed by atoms with Crippen molar-refractivity contribution in [2.45, 2.75) is 45.8 Å². The third kappa shape index (κ3) is 4.67. The molecule has 2 amide bonds. The third-order valence-corrected chi connectivity index (χ3v) is 4.97. The first-order valence-corrected chi connectivity index (χ1v) is 9.43. The lowest BCUT2D eigenvalue weighted by Gasteiger charge is -2.18. The smallest absolute Gasteiger partial charge is 0.240 e. The molecule has 1 aliphatic carbocycles. The van der Waals surface area contributed by atoms with Crippen LogP contribution in [0.3, 0.4) is 0 Å². The summed E-state index contributed by atoms with van der Waals surface area (Å²) in [4.78, 5) is 25.0. The number of hydrogen-bond acceptors (Lipinski definition) is 3. The summed E-state index contributed by atoms with van der Waals surface area (Å²) in [5, 5.41) is 5.78. The number of benzene rings is 2. The third-order valence-electron chi connectivity index (χ3n) is 4.97. The zero-order valence-corrected chi connectivity index (χ0v) is 15.8. The van der Waals surface area contributed by atoms with E-state index >= 15 is 0 Å². The van der Waals surface area contributed by atoms with Crippen LogP contribution < -0.4 is 15.4 Å². The summed E-state index contributed by atoms with van der Waals surface area (Å²) in [5.74, 6) is 0.325. The van der Waals surface area contributed by atoms with Crippen LogP contribution in [0, 0.1) is 5.41 Å². The van der Waals surface area contributed by atoms with Crippen molar-refractivity contribution in [3.05, 3.63) is 60.2 Å². The molecule has 0 aliphatic heterocycles. The second-order valence-corrected chi connectivity index (χ2v) is 7.12. The predicted molar refractivity (Wildman–Crippen MR) is 105 cm³/mol. The van der Waals surface area contributed by atoms with Gasteiger partial charge in [0, 0.05) is 11.7 Å². The minimum Gasteiger partial charge on any atom is -0.489 e. The Bertz CT molecular complexity index is 783. The fraction of sp³-hybridized carbons (Fsp3) is 0.364. The lowest BCUT2D eigenvalue weighted by atomic mass is 10.0. The molecule has 1 fully saturated rings. The van der Waals surface area contributed by atoms with Crippen LogP contribution in [-0.4, -0.2) is 17.9 Å². The Morgan fingerprint density at radius 2 is 1.70 bits per heavy atom. The van der Waals surface area contributed by atoms with E-state index in [0.29, 0.717) is 25.1 Å². The molecule has 0 aromatic heterocycles. The highest BCUT2D eigenvalue weighted by Gasteiger charge is 2.56. The Labute approximate surface area is 160 Å². The molecule has 1 atom stereocenters. The van der Waals surface area contributed by atoms with Crippen LogP contribution in [0.1, 0.15) is 38.7 Å². The summed E-state index contributed by atoms with van der Waals surface area (Å²) in [5.41, 5.74) is 0.846. The maximum Gasteiger partial charge on any atom is 0.240 e. The molecule has 142 valence electrons. The molecule has 0 saturated heterocycles. The highest BCUT2D eigenvalue weighted by molar-refractivity contribution is 6.13. The first kappa shape index (κ1) is 19.0. The fourth-order valence-corrected chi connectivity index (χ4v) is 2.77. The van der Waals surface area contributed by atoms with Crippen molar-refractivity contribution in [3.8, 4) is 5.75 Å². The molecule has 0 heterocycles. The minimum absolute atomic E-state index is 0.0730. The monoisotopic (exact) mass is 366 g/mol. The zero-order valence-electron chi connectivity index (χ0n) is 15.8. The van der Waals surface area contributed by atoms with Crippen molar-refractivity contribution < 1.29 is 14.3 Å². The molecule has 2 N–H and O–H groups in total. The molecule has 1 unspecified atom stereocenters. The molecule has 1 saturated carbocycles. The van der Waals surface area contributed by atoms with Crippen molar-refractivity contribution >= 4 is 17.5 Å². The molecule has 3 rings (SSSR count). The average Bonchev–Trinajstić information content (AvgIpc) is 3.50. The van der Waals surface area contributed by atoms with Gasteiger partial charge < -0.3 is 15.4 Å². The molecular weight excluding hydrogens is 340 g/mol. The molecule has 0 bridgehead atoms. The topological polar surface area (TPSA) is 67.4 Å². The van der Waals surface area contributed by atoms with Gasteiger partial charge in [-0.15, -0.1) is 0 Å². The van der Waals surface area contributed by atoms with E-state index in [2.05, 4.69) is 10.6 Å². The van der Waals surface area contributed by atoms with Gasteiger partial charge in [0.05, 0.1) is 0 Å². The van der Waals surface area contributed by atoms with Crippen LogP contribution in [0.15, 0.2) is 54.6 Å². The van der Waals surface area contributed by atoms with Crippen molar-refractivity contribution in [1.29, 1.82) is 0 Å². The quantitative estimate of drug-likeness (QED) is 0.696. The van der Waals surface area contributed by atoms with Crippen LogP contribution in [0.5, 0.6) is 5.75 Å². The first-order chi connectivity index (χ1) is 13.0. The highest BCUT2D eigenvalue weighted by Crippen LogP contribution is 2.47. The van der Waals surface area contributed by atoms with E-state index in [9.17, 15) is 9.59 Å². The fourth-order valence-electron chi connectivity index (χ4n) is 2.77. The maximum absolute atomic E-state index is 12.6. The highest BCUT2D eigenvalue weighted by atomic mass is 16.5. The normalized spacial score (nSPS) is 15.5. The Morgan fingerprint density at radius 1 is 1.04 bits per heavy atom. The van der Waals surface area contributed by atoms with Crippen molar-refractivity contribution in [1.82, 2.24) is 5.32 Å². The minimum atomic E-state index is -0.911. The number of ether oxygens (including phenoxy) is 1. The van der Waals surface area contributed by atoms with E-state index in [1.165, 1.54) is 0 Å². The van der Waals surface area contributed by atoms with E-state index in [-0.39, 0.29) is 17.9 Å². The standard InChI is InChI=1S/C22H26N2O3/c1-3-16(2)23-20(25)22(13-14-22)21(26)24-18-9-11-19(12-10-18)27-15-17-7-5-4-6-8-17/h4-12,16H,3,13-15H2,1-2H3,(H,23,25)(H,24,26). The molecule has 5 nitrogen and oxygen atoms in total. The van der Waals surface area contributed by atoms with Gasteiger partial charge in [0.2, 0.25) is 11.8 Å². The Morgan fingerprint density at radius 3 is 2.30 bits per heavy atom. The number of rotatable bonds is 8. The molecule has 5 heteroatoms. The van der Waals surface area contributed by atoms with Gasteiger partial charge in [-0.25, -0.2) is 0 Å². The molecule has 2 aromatic carbocycles. The number of carbonyl (C=O) groups excluding carboxylic acids is 2. The van der Waals surface area contributed by atoms with E-state index in [0.717, 1.165) is 17.7 Å². The van der Waals surface area contributed by atoms with E-state index in [1.54, 1.807) is 12.1 Å². The van der Waals surface area contributed by atoms with Crippen molar-refractivity contribution in [2.24, 2.45) is 5.41 Å². The summed E-state index contributed by atoms with van der Waals surface area (Å²) in [7, 11) is 0. The summed E-state index contributed by atoms with van der Waals surface area (Å²) in [6.07, 6.45) is 2.03. The number of anilines is 1. The van der Waals surface area contributed by atoms with Gasteiger partial charge in [-0.1, -0.05) is 37.3 Å². The Kier molecular flexibility index (Phi) is 5.79. The summed E-state index contributed by atoms with van der Waals surface area (Å²) in [6.45, 7) is 4.44. The summed E-state index contributed by atoms with van der Waals surface area (Å²) < 4.78 is 5.75. The van der Waals surface area contributed by atoms with Crippen LogP contribution in [-0.2, 0) is 16.2 Å². The van der Waals surface area contributed by atoms with E-state index < -0.39 is 5.41 Å². The van der Waals surface area contributed by atoms with Gasteiger partial charge in [-0.05, 0) is 56.0 Å². The molecule has 27 heavy (non-hydrogen) atoms. The lowest BCUT2D eigenvalue weighted by Crippen LogP contribution is -2.43. The second-order valence-electron chi connectivity index (χ2n) is 7.12. The van der Waals surface area contributed by atoms with Crippen molar-refractivity contribution in [3.63, 3.8) is 0 Å². The van der Waals surface area contributed by atoms with E-state index in [4.69, 9.17) is 4.74 Å². The summed E-state index contributed by atoms with van der Waals surface area (Å²) >= 11 is 0. The van der Waals surface area contributed by atoms with Gasteiger partial charge in [-0.3, -0.25) is 9.59 Å². The van der Waals surface area contributed by atoms with Crippen LogP contribution >= 0.6 is 0 Å². The maximum atomic E-state index is 12.6. The SMILES string of the molecule is CCC(C)NC(=O)C1(C(=O)Nc2ccc(OCc3ccccc3)cc2)CC1. The van der Waals surface area contributed by atoms with Crippen LogP contribution in [0.2, 0.25) is 0 Å². The van der Waals surface area contributed by atoms with Crippen molar-refractivity contribution in [2.75, 3.05) is 5.32 Å². The summed E-state index contributed by atoms with van der Waals surface area (Å²) in [6, 6.07) is 17.2. The number of carbonyl (C=O) groups is 2. The van der Waals surface area contributed by atoms with Gasteiger partial charge in [0.15, 0.2) is 0 Å². The van der Waals surface area contributed by atoms with Gasteiger partial charge in [-0.2, -0.15) is 0 Å². The van der Waals surface area contributed by atoms with E-state index in [1.807, 2.05) is 56.3 Å². The second kappa shape index (κ2) is 8.25. The first-order valence-electron chi connectivity index (χ1n) is 9.43. The largest absolute Gasteiger partial charge is 0.489 e. The number of amides is 2.